The summed E-state index contributed by atoms with van der Waals surface area (Å²) in [5.74, 6) is 3.30. The van der Waals surface area contributed by atoms with Crippen LogP contribution in [0.5, 0.6) is 0 Å². The van der Waals surface area contributed by atoms with E-state index in [1.807, 2.05) is 0 Å². The summed E-state index contributed by atoms with van der Waals surface area (Å²) in [6.45, 7) is 11.8. The predicted octanol–water partition coefficient (Wildman–Crippen LogP) is 5.97. The molecule has 0 aromatic carbocycles. The van der Waals surface area contributed by atoms with Gasteiger partial charge in [-0.2, -0.15) is 0 Å². The summed E-state index contributed by atoms with van der Waals surface area (Å²) in [5.41, 5.74) is 2.79. The second-order valence-electron chi connectivity index (χ2n) is 10.00. The third-order valence-corrected chi connectivity index (χ3v) is 8.53. The molecule has 0 saturated heterocycles. The molecule has 164 valence electrons. The van der Waals surface area contributed by atoms with Crippen molar-refractivity contribution in [3.05, 3.63) is 0 Å². The Morgan fingerprint density at radius 2 is 1.86 bits per heavy atom. The van der Waals surface area contributed by atoms with E-state index >= 15 is 0 Å². The molecule has 2 aliphatic carbocycles. The molecule has 2 aliphatic rings. The van der Waals surface area contributed by atoms with Gasteiger partial charge >= 0.3 is 5.97 Å². The highest BCUT2D eigenvalue weighted by Gasteiger charge is 2.48. The lowest BCUT2D eigenvalue weighted by Gasteiger charge is -2.42. The van der Waals surface area contributed by atoms with Gasteiger partial charge in [0.1, 0.15) is 6.10 Å². The average Bonchev–Trinajstić information content (AvgIpc) is 2.97. The van der Waals surface area contributed by atoms with E-state index in [0.717, 1.165) is 37.6 Å². The summed E-state index contributed by atoms with van der Waals surface area (Å²) in [6.07, 6.45) is 12.1. The first-order valence-electron chi connectivity index (χ1n) is 11.9. The van der Waals surface area contributed by atoms with Crippen LogP contribution in [0.25, 0.3) is 0 Å². The third kappa shape index (κ3) is 5.72. The first kappa shape index (κ1) is 23.7. The Balaban J connectivity index is 2.14. The minimum atomic E-state index is -0.131. The number of rotatable bonds is 6. The molecule has 4 heteroatoms. The van der Waals surface area contributed by atoms with E-state index in [4.69, 9.17) is 4.74 Å². The van der Waals surface area contributed by atoms with Crippen LogP contribution >= 0.6 is 0 Å². The van der Waals surface area contributed by atoms with Crippen LogP contribution in [-0.4, -0.2) is 23.8 Å². The number of hydrogen-bond donors (Lipinski definition) is 2. The normalized spacial score (nSPS) is 40.2. The first-order chi connectivity index (χ1) is 13.3. The maximum atomic E-state index is 11.5. The van der Waals surface area contributed by atoms with Gasteiger partial charge in [-0.05, 0) is 73.5 Å². The number of nitrogens with one attached hydrogen (secondary N) is 1. The molecule has 0 spiro atoms. The van der Waals surface area contributed by atoms with Crippen LogP contribution in [0.2, 0.25) is 0 Å². The maximum Gasteiger partial charge on any atom is 0.302 e. The van der Waals surface area contributed by atoms with Crippen molar-refractivity contribution >= 4 is 5.97 Å². The maximum absolute atomic E-state index is 11.5. The molecule has 28 heavy (non-hydrogen) atoms. The molecule has 0 aromatic rings. The molecular weight excluding hydrogens is 350 g/mol. The van der Waals surface area contributed by atoms with Crippen molar-refractivity contribution in [3.63, 3.8) is 0 Å². The van der Waals surface area contributed by atoms with Crippen molar-refractivity contribution in [1.82, 2.24) is 5.48 Å². The van der Waals surface area contributed by atoms with Gasteiger partial charge in [0.25, 0.3) is 0 Å². The number of hydroxylamine groups is 1. The molecule has 2 N–H and O–H groups in total. The molecular formula is C24H45NO3. The van der Waals surface area contributed by atoms with Crippen molar-refractivity contribution in [2.75, 3.05) is 6.54 Å². The van der Waals surface area contributed by atoms with Crippen LogP contribution in [0.15, 0.2) is 0 Å². The molecule has 7 atom stereocenters. The zero-order valence-corrected chi connectivity index (χ0v) is 19.0. The number of ether oxygens (including phenoxy) is 1. The molecule has 0 heterocycles. The minimum Gasteiger partial charge on any atom is -0.463 e. The average molecular weight is 396 g/mol. The lowest BCUT2D eigenvalue weighted by Crippen LogP contribution is -2.38. The fraction of sp³-hybridized carbons (Fsp3) is 0.958. The molecule has 5 unspecified atom stereocenters. The van der Waals surface area contributed by atoms with Crippen LogP contribution in [0.1, 0.15) is 98.8 Å². The highest BCUT2D eigenvalue weighted by atomic mass is 16.5. The predicted molar refractivity (Wildman–Crippen MR) is 114 cm³/mol. The van der Waals surface area contributed by atoms with E-state index in [0.29, 0.717) is 23.2 Å². The third-order valence-electron chi connectivity index (χ3n) is 8.53. The lowest BCUT2D eigenvalue weighted by molar-refractivity contribution is -0.147. The lowest BCUT2D eigenvalue weighted by atomic mass is 9.63. The van der Waals surface area contributed by atoms with Crippen molar-refractivity contribution in [2.45, 2.75) is 105 Å². The Morgan fingerprint density at radius 3 is 2.46 bits per heavy atom. The summed E-state index contributed by atoms with van der Waals surface area (Å²) < 4.78 is 5.63. The van der Waals surface area contributed by atoms with Gasteiger partial charge in [-0.3, -0.25) is 4.79 Å². The smallest absolute Gasteiger partial charge is 0.302 e. The number of carbonyl (C=O) groups is 1. The molecule has 0 aromatic heterocycles. The molecule has 0 aliphatic heterocycles. The van der Waals surface area contributed by atoms with E-state index in [1.165, 1.54) is 44.9 Å². The van der Waals surface area contributed by atoms with E-state index in [9.17, 15) is 10.0 Å². The summed E-state index contributed by atoms with van der Waals surface area (Å²) in [4.78, 5) is 11.5. The highest BCUT2D eigenvalue weighted by Crippen LogP contribution is 2.55. The van der Waals surface area contributed by atoms with Crippen molar-refractivity contribution in [1.29, 1.82) is 0 Å². The van der Waals surface area contributed by atoms with Crippen molar-refractivity contribution in [2.24, 2.45) is 35.0 Å². The van der Waals surface area contributed by atoms with E-state index in [-0.39, 0.29) is 12.1 Å². The quantitative estimate of drug-likeness (QED) is 0.429. The Morgan fingerprint density at radius 1 is 1.14 bits per heavy atom. The Hall–Kier alpha value is -0.610. The SMILES string of the molecule is CC[C@H]1CC(C2CC[C@@H](CNO)C2(C)CC)CCCCC(OC(C)=O)CC1C. The monoisotopic (exact) mass is 395 g/mol. The van der Waals surface area contributed by atoms with Gasteiger partial charge in [0.05, 0.1) is 0 Å². The first-order valence-corrected chi connectivity index (χ1v) is 11.9. The van der Waals surface area contributed by atoms with Gasteiger partial charge in [-0.15, -0.1) is 0 Å². The molecule has 0 amide bonds. The fourth-order valence-electron chi connectivity index (χ4n) is 6.63. The molecule has 0 radical (unpaired) electrons. The fourth-order valence-corrected chi connectivity index (χ4v) is 6.63. The Bertz CT molecular complexity index is 482. The number of esters is 1. The Labute approximate surface area is 173 Å². The van der Waals surface area contributed by atoms with E-state index < -0.39 is 0 Å². The standard InChI is InChI=1S/C24H45NO3/c1-6-19-15-20(23-13-12-21(16-25-27)24(23,5)7-2)10-8-9-11-22(14-17(19)3)28-18(4)26/h17,19-23,25,27H,6-16H2,1-5H3/t17?,19-,20?,21-,22?,23?,24?/m0/s1. The zero-order valence-electron chi connectivity index (χ0n) is 19.0. The van der Waals surface area contributed by atoms with Crippen LogP contribution in [0, 0.1) is 35.0 Å². The van der Waals surface area contributed by atoms with Crippen molar-refractivity contribution < 1.29 is 14.7 Å². The van der Waals surface area contributed by atoms with E-state index in [2.05, 4.69) is 33.2 Å². The van der Waals surface area contributed by atoms with E-state index in [1.54, 1.807) is 6.92 Å². The van der Waals surface area contributed by atoms with Crippen LogP contribution < -0.4 is 5.48 Å². The Kier molecular flexibility index (Phi) is 9.27. The van der Waals surface area contributed by atoms with Gasteiger partial charge in [0.15, 0.2) is 0 Å². The van der Waals surface area contributed by atoms with Gasteiger partial charge in [0, 0.05) is 13.5 Å². The van der Waals surface area contributed by atoms with Gasteiger partial charge in [-0.25, -0.2) is 5.48 Å². The minimum absolute atomic E-state index is 0.102. The zero-order chi connectivity index (χ0) is 20.7. The summed E-state index contributed by atoms with van der Waals surface area (Å²) in [6, 6.07) is 0. The summed E-state index contributed by atoms with van der Waals surface area (Å²) in [5, 5.41) is 9.32. The molecule has 4 nitrogen and oxygen atoms in total. The number of hydrogen-bond acceptors (Lipinski definition) is 4. The molecule has 2 saturated carbocycles. The van der Waals surface area contributed by atoms with Crippen LogP contribution in [0.3, 0.4) is 0 Å². The highest BCUT2D eigenvalue weighted by molar-refractivity contribution is 5.66. The molecule has 0 bridgehead atoms. The van der Waals surface area contributed by atoms with Crippen LogP contribution in [0.4, 0.5) is 0 Å². The summed E-state index contributed by atoms with van der Waals surface area (Å²) in [7, 11) is 0. The molecule has 2 rings (SSSR count). The topological polar surface area (TPSA) is 58.6 Å². The summed E-state index contributed by atoms with van der Waals surface area (Å²) >= 11 is 0. The van der Waals surface area contributed by atoms with Gasteiger partial charge < -0.3 is 9.94 Å². The number of carbonyl (C=O) groups excluding carboxylic acids is 1. The van der Waals surface area contributed by atoms with Gasteiger partial charge in [-0.1, -0.05) is 53.4 Å². The van der Waals surface area contributed by atoms with Crippen molar-refractivity contribution in [3.8, 4) is 0 Å². The second kappa shape index (κ2) is 11.0. The van der Waals surface area contributed by atoms with Crippen LogP contribution in [-0.2, 0) is 9.53 Å². The largest absolute Gasteiger partial charge is 0.463 e. The molecule has 2 fully saturated rings. The van der Waals surface area contributed by atoms with Gasteiger partial charge in [0.2, 0.25) is 0 Å². The second-order valence-corrected chi connectivity index (χ2v) is 10.00.